The molecule has 1 heterocycles. The van der Waals surface area contributed by atoms with Gasteiger partial charge in [0.1, 0.15) is 5.75 Å². The van der Waals surface area contributed by atoms with E-state index < -0.39 is 10.0 Å². The quantitative estimate of drug-likeness (QED) is 0.703. The normalized spacial score (nSPS) is 16.4. The van der Waals surface area contributed by atoms with E-state index >= 15 is 0 Å². The van der Waals surface area contributed by atoms with Crippen molar-refractivity contribution < 1.29 is 13.2 Å². The molecule has 0 unspecified atom stereocenters. The Morgan fingerprint density at radius 2 is 2.04 bits per heavy atom. The Labute approximate surface area is 156 Å². The van der Waals surface area contributed by atoms with Crippen molar-refractivity contribution in [2.24, 2.45) is 0 Å². The molecule has 0 radical (unpaired) electrons. The lowest BCUT2D eigenvalue weighted by atomic mass is 10.2. The average Bonchev–Trinajstić information content (AvgIpc) is 3.10. The SMILES string of the molecule is CCC[C@@H](C)NC(=S)Nc1cc(S(=O)(=O)N2CCCC2)ccc1OC. The van der Waals surface area contributed by atoms with E-state index in [1.165, 1.54) is 4.31 Å². The van der Waals surface area contributed by atoms with Gasteiger partial charge < -0.3 is 15.4 Å². The van der Waals surface area contributed by atoms with Crippen molar-refractivity contribution in [2.75, 3.05) is 25.5 Å². The second-order valence-electron chi connectivity index (χ2n) is 6.26. The zero-order valence-electron chi connectivity index (χ0n) is 15.0. The minimum absolute atomic E-state index is 0.243. The summed E-state index contributed by atoms with van der Waals surface area (Å²) in [5, 5.41) is 6.72. The molecule has 1 aromatic rings. The van der Waals surface area contributed by atoms with Gasteiger partial charge in [-0.1, -0.05) is 13.3 Å². The highest BCUT2D eigenvalue weighted by Gasteiger charge is 2.28. The first-order valence-corrected chi connectivity index (χ1v) is 10.5. The number of benzene rings is 1. The Hall–Kier alpha value is -1.38. The Kier molecular flexibility index (Phi) is 7.04. The zero-order chi connectivity index (χ0) is 18.4. The fourth-order valence-corrected chi connectivity index (χ4v) is 4.77. The fourth-order valence-electron chi connectivity index (χ4n) is 2.91. The summed E-state index contributed by atoms with van der Waals surface area (Å²) >= 11 is 5.34. The van der Waals surface area contributed by atoms with Crippen molar-refractivity contribution in [3.8, 4) is 5.75 Å². The highest BCUT2D eigenvalue weighted by Crippen LogP contribution is 2.30. The molecule has 1 atom stereocenters. The summed E-state index contributed by atoms with van der Waals surface area (Å²) in [6.07, 6.45) is 3.87. The summed E-state index contributed by atoms with van der Waals surface area (Å²) in [7, 11) is -1.93. The number of thiocarbonyl (C=S) groups is 1. The molecular formula is C17H27N3O3S2. The maximum Gasteiger partial charge on any atom is 0.243 e. The summed E-state index contributed by atoms with van der Waals surface area (Å²) < 4.78 is 32.3. The minimum atomic E-state index is -3.48. The topological polar surface area (TPSA) is 70.7 Å². The van der Waals surface area contributed by atoms with Crippen LogP contribution in [0.15, 0.2) is 23.1 Å². The van der Waals surface area contributed by atoms with E-state index in [0.717, 1.165) is 25.7 Å². The summed E-state index contributed by atoms with van der Waals surface area (Å²) in [4.78, 5) is 0.252. The molecule has 25 heavy (non-hydrogen) atoms. The Bertz CT molecular complexity index is 701. The van der Waals surface area contributed by atoms with Crippen molar-refractivity contribution >= 4 is 33.0 Å². The van der Waals surface area contributed by atoms with Gasteiger partial charge in [0.05, 0.1) is 17.7 Å². The molecule has 1 fully saturated rings. The number of rotatable bonds is 7. The maximum absolute atomic E-state index is 12.7. The Morgan fingerprint density at radius 1 is 1.36 bits per heavy atom. The molecule has 0 spiro atoms. The lowest BCUT2D eigenvalue weighted by Gasteiger charge is -2.20. The molecule has 8 heteroatoms. The maximum atomic E-state index is 12.7. The predicted octanol–water partition coefficient (Wildman–Crippen LogP) is 2.95. The Balaban J connectivity index is 2.20. The molecule has 0 aromatic heterocycles. The molecule has 1 aliphatic heterocycles. The molecule has 1 aromatic carbocycles. The van der Waals surface area contributed by atoms with Crippen molar-refractivity contribution in [1.29, 1.82) is 0 Å². The first-order chi connectivity index (χ1) is 11.9. The summed E-state index contributed by atoms with van der Waals surface area (Å²) in [6.45, 7) is 5.32. The van der Waals surface area contributed by atoms with Gasteiger partial charge in [-0.05, 0) is 56.6 Å². The molecule has 140 valence electrons. The number of nitrogens with zero attached hydrogens (tertiary/aromatic N) is 1. The molecule has 0 amide bonds. The fraction of sp³-hybridized carbons (Fsp3) is 0.588. The van der Waals surface area contributed by atoms with Gasteiger partial charge in [-0.3, -0.25) is 0 Å². The van der Waals surface area contributed by atoms with E-state index in [0.29, 0.717) is 29.6 Å². The van der Waals surface area contributed by atoms with Gasteiger partial charge in [0.25, 0.3) is 0 Å². The van der Waals surface area contributed by atoms with Crippen LogP contribution in [0.4, 0.5) is 5.69 Å². The third-order valence-electron chi connectivity index (χ3n) is 4.22. The lowest BCUT2D eigenvalue weighted by molar-refractivity contribution is 0.416. The molecule has 2 N–H and O–H groups in total. The van der Waals surface area contributed by atoms with Crippen LogP contribution in [0.5, 0.6) is 5.75 Å². The number of sulfonamides is 1. The van der Waals surface area contributed by atoms with Crippen molar-refractivity contribution in [1.82, 2.24) is 9.62 Å². The summed E-state index contributed by atoms with van der Waals surface area (Å²) in [5.41, 5.74) is 0.545. The van der Waals surface area contributed by atoms with Crippen LogP contribution >= 0.6 is 12.2 Å². The smallest absolute Gasteiger partial charge is 0.243 e. The van der Waals surface area contributed by atoms with Crippen LogP contribution in [0.2, 0.25) is 0 Å². The number of nitrogens with one attached hydrogen (secondary N) is 2. The van der Waals surface area contributed by atoms with E-state index in [1.807, 2.05) is 0 Å². The van der Waals surface area contributed by atoms with Crippen molar-refractivity contribution in [3.05, 3.63) is 18.2 Å². The number of hydrogen-bond donors (Lipinski definition) is 2. The molecule has 0 saturated carbocycles. The van der Waals surface area contributed by atoms with Crippen molar-refractivity contribution in [2.45, 2.75) is 50.5 Å². The number of methoxy groups -OCH3 is 1. The molecule has 1 saturated heterocycles. The average molecular weight is 386 g/mol. The van der Waals surface area contributed by atoms with Crippen LogP contribution in [0.3, 0.4) is 0 Å². The van der Waals surface area contributed by atoms with Gasteiger partial charge in [0, 0.05) is 19.1 Å². The van der Waals surface area contributed by atoms with E-state index in [-0.39, 0.29) is 10.9 Å². The van der Waals surface area contributed by atoms with E-state index in [9.17, 15) is 8.42 Å². The van der Waals surface area contributed by atoms with Gasteiger partial charge in [-0.2, -0.15) is 4.31 Å². The molecule has 1 aliphatic rings. The summed E-state index contributed by atoms with van der Waals surface area (Å²) in [6, 6.07) is 5.06. The standard InChI is InChI=1S/C17H27N3O3S2/c1-4-7-13(2)18-17(24)19-15-12-14(8-9-16(15)23-3)25(21,22)20-10-5-6-11-20/h8-9,12-13H,4-7,10-11H2,1-3H3,(H2,18,19,24)/t13-/m1/s1. The van der Waals surface area contributed by atoms with Gasteiger partial charge in [-0.15, -0.1) is 0 Å². The molecule has 0 aliphatic carbocycles. The molecule has 0 bridgehead atoms. The lowest BCUT2D eigenvalue weighted by Crippen LogP contribution is -2.36. The highest BCUT2D eigenvalue weighted by molar-refractivity contribution is 7.89. The number of hydrogen-bond acceptors (Lipinski definition) is 4. The van der Waals surface area contributed by atoms with Gasteiger partial charge >= 0.3 is 0 Å². The second-order valence-corrected chi connectivity index (χ2v) is 8.61. The van der Waals surface area contributed by atoms with E-state index in [2.05, 4.69) is 24.5 Å². The van der Waals surface area contributed by atoms with Gasteiger partial charge in [0.2, 0.25) is 10.0 Å². The third-order valence-corrected chi connectivity index (χ3v) is 6.34. The van der Waals surface area contributed by atoms with Crippen molar-refractivity contribution in [3.63, 3.8) is 0 Å². The van der Waals surface area contributed by atoms with Crippen LogP contribution in [0, 0.1) is 0 Å². The van der Waals surface area contributed by atoms with Crippen LogP contribution in [0.25, 0.3) is 0 Å². The molecular weight excluding hydrogens is 358 g/mol. The monoisotopic (exact) mass is 385 g/mol. The zero-order valence-corrected chi connectivity index (χ0v) is 16.7. The number of anilines is 1. The van der Waals surface area contributed by atoms with E-state index in [4.69, 9.17) is 17.0 Å². The van der Waals surface area contributed by atoms with Crippen LogP contribution in [-0.2, 0) is 10.0 Å². The first kappa shape index (κ1) is 19.9. The van der Waals surface area contributed by atoms with Gasteiger partial charge in [0.15, 0.2) is 5.11 Å². The van der Waals surface area contributed by atoms with Crippen LogP contribution in [0.1, 0.15) is 39.5 Å². The summed E-state index contributed by atoms with van der Waals surface area (Å²) in [5.74, 6) is 0.549. The van der Waals surface area contributed by atoms with Crippen LogP contribution < -0.4 is 15.4 Å². The molecule has 6 nitrogen and oxygen atoms in total. The first-order valence-electron chi connectivity index (χ1n) is 8.64. The van der Waals surface area contributed by atoms with Crippen LogP contribution in [-0.4, -0.2) is 44.1 Å². The predicted molar refractivity (Wildman–Crippen MR) is 105 cm³/mol. The molecule has 2 rings (SSSR count). The Morgan fingerprint density at radius 3 is 2.64 bits per heavy atom. The minimum Gasteiger partial charge on any atom is -0.495 e. The highest BCUT2D eigenvalue weighted by atomic mass is 32.2. The largest absolute Gasteiger partial charge is 0.495 e. The van der Waals surface area contributed by atoms with Gasteiger partial charge in [-0.25, -0.2) is 8.42 Å². The third kappa shape index (κ3) is 5.05. The van der Waals surface area contributed by atoms with E-state index in [1.54, 1.807) is 25.3 Å². The second kappa shape index (κ2) is 8.82. The number of ether oxygens (including phenoxy) is 1.